The molecule has 114 valence electrons. The Morgan fingerprint density at radius 1 is 0.650 bits per heavy atom. The van der Waals surface area contributed by atoms with Crippen LogP contribution in [0, 0.1) is 23.7 Å². The molecule has 3 N–H and O–H groups in total. The maximum atomic E-state index is 6.44. The van der Waals surface area contributed by atoms with E-state index in [2.05, 4.69) is 5.32 Å². The van der Waals surface area contributed by atoms with Crippen molar-refractivity contribution in [2.24, 2.45) is 29.4 Å². The molecule has 1 saturated heterocycles. The van der Waals surface area contributed by atoms with E-state index >= 15 is 0 Å². The summed E-state index contributed by atoms with van der Waals surface area (Å²) in [4.78, 5) is 0. The molecular weight excluding hydrogens is 244 g/mol. The summed E-state index contributed by atoms with van der Waals surface area (Å²) >= 11 is 0. The molecule has 7 atom stereocenters. The van der Waals surface area contributed by atoms with Crippen LogP contribution < -0.4 is 11.1 Å². The van der Waals surface area contributed by atoms with Gasteiger partial charge in [-0.3, -0.25) is 0 Å². The zero-order valence-electron chi connectivity index (χ0n) is 12.9. The van der Waals surface area contributed by atoms with Crippen molar-refractivity contribution in [1.82, 2.24) is 5.32 Å². The van der Waals surface area contributed by atoms with Gasteiger partial charge in [0.1, 0.15) is 0 Å². The van der Waals surface area contributed by atoms with Crippen LogP contribution in [0.15, 0.2) is 0 Å². The van der Waals surface area contributed by atoms with Crippen molar-refractivity contribution in [2.45, 2.75) is 88.8 Å². The maximum Gasteiger partial charge on any atom is 0.0104 e. The average molecular weight is 276 g/mol. The van der Waals surface area contributed by atoms with Crippen molar-refractivity contribution in [3.05, 3.63) is 0 Å². The lowest BCUT2D eigenvalue weighted by atomic mass is 9.65. The Bertz CT molecular complexity index is 342. The number of hydrogen-bond donors (Lipinski definition) is 2. The summed E-state index contributed by atoms with van der Waals surface area (Å²) in [6, 6.07) is 2.22. The molecule has 2 heteroatoms. The zero-order valence-corrected chi connectivity index (χ0v) is 12.9. The van der Waals surface area contributed by atoms with Crippen molar-refractivity contribution >= 4 is 0 Å². The van der Waals surface area contributed by atoms with Gasteiger partial charge >= 0.3 is 0 Å². The molecule has 6 unspecified atom stereocenters. The summed E-state index contributed by atoms with van der Waals surface area (Å²) in [5, 5.41) is 4.04. The second-order valence-electron chi connectivity index (χ2n) is 8.18. The first-order valence-electron chi connectivity index (χ1n) is 9.34. The molecule has 20 heavy (non-hydrogen) atoms. The summed E-state index contributed by atoms with van der Waals surface area (Å²) in [6.45, 7) is 0. The van der Waals surface area contributed by atoms with Gasteiger partial charge in [-0.1, -0.05) is 25.7 Å². The summed E-state index contributed by atoms with van der Waals surface area (Å²) in [5.41, 5.74) is 6.44. The summed E-state index contributed by atoms with van der Waals surface area (Å²) in [6.07, 6.45) is 15.8. The number of fused-ring (bicyclic) bond motifs is 3. The van der Waals surface area contributed by atoms with Crippen LogP contribution in [0.4, 0.5) is 0 Å². The Morgan fingerprint density at radius 3 is 2.20 bits per heavy atom. The predicted molar refractivity (Wildman–Crippen MR) is 83.4 cm³/mol. The van der Waals surface area contributed by atoms with Crippen LogP contribution in [-0.2, 0) is 0 Å². The van der Waals surface area contributed by atoms with Gasteiger partial charge in [-0.25, -0.2) is 0 Å². The van der Waals surface area contributed by atoms with Gasteiger partial charge in [-0.15, -0.1) is 0 Å². The van der Waals surface area contributed by atoms with E-state index < -0.39 is 0 Å². The topological polar surface area (TPSA) is 38.0 Å². The normalized spacial score (nSPS) is 52.4. The molecule has 3 aliphatic carbocycles. The summed E-state index contributed by atoms with van der Waals surface area (Å²) < 4.78 is 0. The average Bonchev–Trinajstić information content (AvgIpc) is 2.85. The fourth-order valence-electron chi connectivity index (χ4n) is 6.25. The van der Waals surface area contributed by atoms with Crippen LogP contribution >= 0.6 is 0 Å². The molecule has 0 radical (unpaired) electrons. The largest absolute Gasteiger partial charge is 0.327 e. The monoisotopic (exact) mass is 276 g/mol. The van der Waals surface area contributed by atoms with E-state index in [0.29, 0.717) is 6.04 Å². The second kappa shape index (κ2) is 5.61. The Labute approximate surface area is 124 Å². The van der Waals surface area contributed by atoms with Crippen molar-refractivity contribution in [1.29, 1.82) is 0 Å². The zero-order chi connectivity index (χ0) is 13.5. The molecule has 4 aliphatic rings. The molecule has 0 bridgehead atoms. The van der Waals surface area contributed by atoms with Gasteiger partial charge in [0.2, 0.25) is 0 Å². The quantitative estimate of drug-likeness (QED) is 0.770. The van der Waals surface area contributed by atoms with Gasteiger partial charge < -0.3 is 11.1 Å². The van der Waals surface area contributed by atoms with E-state index in [9.17, 15) is 0 Å². The lowest BCUT2D eigenvalue weighted by Gasteiger charge is -2.41. The number of hydrogen-bond acceptors (Lipinski definition) is 2. The van der Waals surface area contributed by atoms with Crippen LogP contribution in [0.3, 0.4) is 0 Å². The standard InChI is InChI=1S/C18H32N2/c19-16-7-3-1-5-13(16)12-9-10-15-14-6-2-4-8-17(14)20-18(15)11-12/h12-18,20H,1-11,19H2/t12?,13?,14?,15?,16?,17?,18-/m1/s1. The Morgan fingerprint density at radius 2 is 1.35 bits per heavy atom. The first kappa shape index (κ1) is 13.6. The highest BCUT2D eigenvalue weighted by Crippen LogP contribution is 2.48. The van der Waals surface area contributed by atoms with Crippen LogP contribution in [0.25, 0.3) is 0 Å². The van der Waals surface area contributed by atoms with Crippen molar-refractivity contribution < 1.29 is 0 Å². The highest BCUT2D eigenvalue weighted by atomic mass is 15.0. The third kappa shape index (κ3) is 2.33. The van der Waals surface area contributed by atoms with E-state index in [4.69, 9.17) is 5.73 Å². The lowest BCUT2D eigenvalue weighted by molar-refractivity contribution is 0.122. The van der Waals surface area contributed by atoms with E-state index in [0.717, 1.165) is 35.8 Å². The number of rotatable bonds is 1. The lowest BCUT2D eigenvalue weighted by Crippen LogP contribution is -2.43. The minimum absolute atomic E-state index is 0.508. The second-order valence-corrected chi connectivity index (χ2v) is 8.18. The molecule has 0 amide bonds. The smallest absolute Gasteiger partial charge is 0.0104 e. The van der Waals surface area contributed by atoms with Gasteiger partial charge in [0.25, 0.3) is 0 Å². The molecule has 4 rings (SSSR count). The molecule has 2 nitrogen and oxygen atoms in total. The minimum Gasteiger partial charge on any atom is -0.327 e. The van der Waals surface area contributed by atoms with Gasteiger partial charge in [0.15, 0.2) is 0 Å². The maximum absolute atomic E-state index is 6.44. The van der Waals surface area contributed by atoms with E-state index in [1.165, 1.54) is 70.6 Å². The van der Waals surface area contributed by atoms with Gasteiger partial charge in [-0.2, -0.15) is 0 Å². The Balaban J connectivity index is 1.42. The Hall–Kier alpha value is -0.0800. The molecular formula is C18H32N2. The van der Waals surface area contributed by atoms with Crippen LogP contribution in [0.5, 0.6) is 0 Å². The number of nitrogens with two attached hydrogens (primary N) is 1. The number of nitrogens with one attached hydrogen (secondary N) is 1. The van der Waals surface area contributed by atoms with Gasteiger partial charge in [0.05, 0.1) is 0 Å². The predicted octanol–water partition coefficient (Wildman–Crippen LogP) is 3.45. The van der Waals surface area contributed by atoms with Crippen LogP contribution in [0.1, 0.15) is 70.6 Å². The highest BCUT2D eigenvalue weighted by Gasteiger charge is 2.47. The molecule has 0 aromatic heterocycles. The van der Waals surface area contributed by atoms with E-state index in [1.54, 1.807) is 0 Å². The highest BCUT2D eigenvalue weighted by molar-refractivity contribution is 5.03. The molecule has 0 aromatic carbocycles. The van der Waals surface area contributed by atoms with Gasteiger partial charge in [0, 0.05) is 18.1 Å². The summed E-state index contributed by atoms with van der Waals surface area (Å²) in [5.74, 6) is 3.81. The summed E-state index contributed by atoms with van der Waals surface area (Å²) in [7, 11) is 0. The Kier molecular flexibility index (Phi) is 3.80. The van der Waals surface area contributed by atoms with Crippen molar-refractivity contribution in [2.75, 3.05) is 0 Å². The van der Waals surface area contributed by atoms with E-state index in [1.807, 2.05) is 0 Å². The molecule has 1 heterocycles. The van der Waals surface area contributed by atoms with Gasteiger partial charge in [-0.05, 0) is 68.6 Å². The molecule has 3 saturated carbocycles. The molecule has 1 aliphatic heterocycles. The SMILES string of the molecule is NC1CCCCC1C1CCC2C3CCCCC3N[C@@H]2C1. The third-order valence-electron chi connectivity index (χ3n) is 7.22. The van der Waals surface area contributed by atoms with Crippen LogP contribution in [-0.4, -0.2) is 18.1 Å². The third-order valence-corrected chi connectivity index (χ3v) is 7.22. The minimum atomic E-state index is 0.508. The fraction of sp³-hybridized carbons (Fsp3) is 1.00. The first-order valence-corrected chi connectivity index (χ1v) is 9.34. The molecule has 4 fully saturated rings. The van der Waals surface area contributed by atoms with Crippen molar-refractivity contribution in [3.8, 4) is 0 Å². The van der Waals surface area contributed by atoms with E-state index in [-0.39, 0.29) is 0 Å². The van der Waals surface area contributed by atoms with Crippen LogP contribution in [0.2, 0.25) is 0 Å². The fourth-order valence-corrected chi connectivity index (χ4v) is 6.25. The first-order chi connectivity index (χ1) is 9.83. The van der Waals surface area contributed by atoms with Crippen molar-refractivity contribution in [3.63, 3.8) is 0 Å². The molecule has 0 spiro atoms. The molecule has 0 aromatic rings.